The van der Waals surface area contributed by atoms with E-state index in [9.17, 15) is 18.0 Å². The zero-order chi connectivity index (χ0) is 19.3. The highest BCUT2D eigenvalue weighted by molar-refractivity contribution is 9.10. The highest BCUT2D eigenvalue weighted by Gasteiger charge is 2.33. The quantitative estimate of drug-likeness (QED) is 0.631. The molecule has 0 heterocycles. The van der Waals surface area contributed by atoms with Gasteiger partial charge in [-0.15, -0.1) is 0 Å². The Labute approximate surface area is 161 Å². The van der Waals surface area contributed by atoms with E-state index in [1.165, 1.54) is 6.07 Å². The van der Waals surface area contributed by atoms with Crippen LogP contribution >= 0.6 is 27.5 Å². The molecule has 0 aliphatic heterocycles. The molecule has 140 valence electrons. The van der Waals surface area contributed by atoms with Crippen molar-refractivity contribution in [1.29, 1.82) is 0 Å². The van der Waals surface area contributed by atoms with Gasteiger partial charge in [0.2, 0.25) is 0 Å². The Kier molecular flexibility index (Phi) is 6.77. The van der Waals surface area contributed by atoms with Crippen molar-refractivity contribution in [2.45, 2.75) is 12.6 Å². The third kappa shape index (κ3) is 5.54. The van der Waals surface area contributed by atoms with E-state index < -0.39 is 22.8 Å². The topological polar surface area (TPSA) is 50.4 Å². The fraction of sp³-hybridized carbons (Fsp3) is 0.235. The third-order valence-electron chi connectivity index (χ3n) is 3.45. The first-order valence-corrected chi connectivity index (χ1v) is 8.62. The maximum atomic E-state index is 12.8. The minimum absolute atomic E-state index is 0.000684. The van der Waals surface area contributed by atoms with Gasteiger partial charge in [-0.1, -0.05) is 27.5 Å². The molecule has 0 radical (unpaired) electrons. The molecule has 4 nitrogen and oxygen atoms in total. The summed E-state index contributed by atoms with van der Waals surface area (Å²) in [5, 5.41) is 4.52. The molecule has 0 saturated heterocycles. The van der Waals surface area contributed by atoms with Gasteiger partial charge in [-0.05, 0) is 48.4 Å². The van der Waals surface area contributed by atoms with Crippen molar-refractivity contribution >= 4 is 39.2 Å². The van der Waals surface area contributed by atoms with E-state index in [0.717, 1.165) is 22.2 Å². The number of nitrogens with one attached hydrogen (secondary N) is 2. The van der Waals surface area contributed by atoms with E-state index in [1.54, 1.807) is 13.2 Å². The number of hydrogen-bond donors (Lipinski definition) is 2. The van der Waals surface area contributed by atoms with Crippen molar-refractivity contribution in [3.8, 4) is 5.75 Å². The highest BCUT2D eigenvalue weighted by Crippen LogP contribution is 2.36. The molecule has 26 heavy (non-hydrogen) atoms. The number of ether oxygens (including phenoxy) is 1. The molecule has 2 N–H and O–H groups in total. The molecule has 0 bridgehead atoms. The second kappa shape index (κ2) is 8.64. The number of hydrogen-bond acceptors (Lipinski definition) is 2. The minimum Gasteiger partial charge on any atom is -0.496 e. The van der Waals surface area contributed by atoms with Gasteiger partial charge in [0.1, 0.15) is 5.75 Å². The first kappa shape index (κ1) is 20.4. The summed E-state index contributed by atoms with van der Waals surface area (Å²) in [6.07, 6.45) is -4.10. The molecular formula is C17H15BrClF3N2O2. The molecule has 0 saturated carbocycles. The van der Waals surface area contributed by atoms with Crippen LogP contribution in [-0.4, -0.2) is 19.7 Å². The number of anilines is 1. The molecule has 2 amide bonds. The second-order valence-electron chi connectivity index (χ2n) is 5.28. The van der Waals surface area contributed by atoms with Crippen LogP contribution in [0.3, 0.4) is 0 Å². The zero-order valence-corrected chi connectivity index (χ0v) is 15.9. The molecule has 0 unspecified atom stereocenters. The Bertz CT molecular complexity index is 800. The number of urea groups is 1. The molecular weight excluding hydrogens is 437 g/mol. The van der Waals surface area contributed by atoms with Crippen molar-refractivity contribution in [3.63, 3.8) is 0 Å². The molecule has 0 aromatic heterocycles. The molecule has 0 fully saturated rings. The monoisotopic (exact) mass is 450 g/mol. The summed E-state index contributed by atoms with van der Waals surface area (Å²) in [7, 11) is 1.55. The summed E-state index contributed by atoms with van der Waals surface area (Å²) in [6.45, 7) is 0.276. The lowest BCUT2D eigenvalue weighted by Crippen LogP contribution is -2.30. The Balaban J connectivity index is 1.95. The van der Waals surface area contributed by atoms with Gasteiger partial charge >= 0.3 is 12.2 Å². The van der Waals surface area contributed by atoms with Gasteiger partial charge in [0.25, 0.3) is 0 Å². The van der Waals surface area contributed by atoms with E-state index in [1.807, 2.05) is 12.1 Å². The number of methoxy groups -OCH3 is 1. The minimum atomic E-state index is -4.59. The number of halogens is 5. The predicted molar refractivity (Wildman–Crippen MR) is 97.9 cm³/mol. The van der Waals surface area contributed by atoms with Crippen molar-refractivity contribution in [2.75, 3.05) is 19.0 Å². The fourth-order valence-corrected chi connectivity index (χ4v) is 2.88. The predicted octanol–water partition coefficient (Wildman–Crippen LogP) is 5.49. The normalized spacial score (nSPS) is 11.2. The van der Waals surface area contributed by atoms with Crippen LogP contribution in [0.15, 0.2) is 40.9 Å². The molecule has 2 aromatic carbocycles. The summed E-state index contributed by atoms with van der Waals surface area (Å²) in [5.74, 6) is 0.683. The van der Waals surface area contributed by atoms with Crippen molar-refractivity contribution < 1.29 is 22.7 Å². The average Bonchev–Trinajstić information content (AvgIpc) is 2.56. The van der Waals surface area contributed by atoms with Gasteiger partial charge in [0.15, 0.2) is 0 Å². The number of alkyl halides is 3. The third-order valence-corrected chi connectivity index (χ3v) is 4.27. The van der Waals surface area contributed by atoms with E-state index in [2.05, 4.69) is 26.6 Å². The van der Waals surface area contributed by atoms with Gasteiger partial charge in [-0.3, -0.25) is 0 Å². The zero-order valence-electron chi connectivity index (χ0n) is 13.6. The van der Waals surface area contributed by atoms with Crippen molar-refractivity contribution in [2.24, 2.45) is 0 Å². The average molecular weight is 452 g/mol. The number of benzene rings is 2. The number of rotatable bonds is 5. The summed E-state index contributed by atoms with van der Waals surface area (Å²) < 4.78 is 44.6. The fourth-order valence-electron chi connectivity index (χ4n) is 2.25. The SMILES string of the molecule is COc1ccc(Br)cc1CCNC(=O)Nc1ccc(Cl)c(C(F)(F)F)c1. The largest absolute Gasteiger partial charge is 0.496 e. The van der Waals surface area contributed by atoms with Gasteiger partial charge in [0, 0.05) is 16.7 Å². The van der Waals surface area contributed by atoms with Crippen LogP contribution in [0.2, 0.25) is 5.02 Å². The van der Waals surface area contributed by atoms with E-state index in [-0.39, 0.29) is 12.2 Å². The molecule has 0 aliphatic rings. The Morgan fingerprint density at radius 1 is 1.23 bits per heavy atom. The molecule has 2 rings (SSSR count). The summed E-state index contributed by atoms with van der Waals surface area (Å²) in [6, 6.07) is 8.06. The Morgan fingerprint density at radius 2 is 1.96 bits per heavy atom. The number of carbonyl (C=O) groups is 1. The maximum absolute atomic E-state index is 12.8. The van der Waals surface area contributed by atoms with Crippen molar-refractivity contribution in [1.82, 2.24) is 5.32 Å². The molecule has 2 aromatic rings. The molecule has 0 aliphatic carbocycles. The van der Waals surface area contributed by atoms with Gasteiger partial charge in [0.05, 0.1) is 17.7 Å². The lowest BCUT2D eigenvalue weighted by molar-refractivity contribution is -0.137. The molecule has 0 spiro atoms. The summed E-state index contributed by atoms with van der Waals surface area (Å²) in [4.78, 5) is 11.9. The highest BCUT2D eigenvalue weighted by atomic mass is 79.9. The van der Waals surface area contributed by atoms with E-state index >= 15 is 0 Å². The van der Waals surface area contributed by atoms with Crippen LogP contribution in [0.25, 0.3) is 0 Å². The lowest BCUT2D eigenvalue weighted by atomic mass is 10.1. The Morgan fingerprint density at radius 3 is 2.62 bits per heavy atom. The second-order valence-corrected chi connectivity index (χ2v) is 6.60. The number of carbonyl (C=O) groups excluding carboxylic acids is 1. The molecule has 9 heteroatoms. The van der Waals surface area contributed by atoms with Crippen LogP contribution < -0.4 is 15.4 Å². The van der Waals surface area contributed by atoms with Crippen molar-refractivity contribution in [3.05, 3.63) is 57.0 Å². The van der Waals surface area contributed by atoms with E-state index in [0.29, 0.717) is 12.2 Å². The lowest BCUT2D eigenvalue weighted by Gasteiger charge is -2.13. The number of amides is 2. The first-order chi connectivity index (χ1) is 12.2. The van der Waals surface area contributed by atoms with Crippen LogP contribution in [0, 0.1) is 0 Å². The van der Waals surface area contributed by atoms with Crippen LogP contribution in [0.5, 0.6) is 5.75 Å². The van der Waals surface area contributed by atoms with Gasteiger partial charge in [-0.25, -0.2) is 4.79 Å². The Hall–Kier alpha value is -1.93. The van der Waals surface area contributed by atoms with Gasteiger partial charge in [-0.2, -0.15) is 13.2 Å². The summed E-state index contributed by atoms with van der Waals surface area (Å²) >= 11 is 8.91. The smallest absolute Gasteiger partial charge is 0.417 e. The van der Waals surface area contributed by atoms with Crippen LogP contribution in [-0.2, 0) is 12.6 Å². The first-order valence-electron chi connectivity index (χ1n) is 7.44. The molecule has 0 atom stereocenters. The van der Waals surface area contributed by atoms with Crippen LogP contribution in [0.4, 0.5) is 23.7 Å². The van der Waals surface area contributed by atoms with E-state index in [4.69, 9.17) is 16.3 Å². The maximum Gasteiger partial charge on any atom is 0.417 e. The standard InChI is InChI=1S/C17H15BrClF3N2O2/c1-26-15-5-2-11(18)8-10(15)6-7-23-16(25)24-12-3-4-14(19)13(9-12)17(20,21)22/h2-5,8-9H,6-7H2,1H3,(H2,23,24,25). The van der Waals surface area contributed by atoms with Gasteiger partial charge < -0.3 is 15.4 Å². The van der Waals surface area contributed by atoms with Crippen LogP contribution in [0.1, 0.15) is 11.1 Å². The summed E-state index contributed by atoms with van der Waals surface area (Å²) in [5.41, 5.74) is -0.122.